The van der Waals surface area contributed by atoms with Crippen molar-refractivity contribution in [1.29, 1.82) is 0 Å². The molecule has 1 aromatic carbocycles. The van der Waals surface area contributed by atoms with E-state index in [9.17, 15) is 4.39 Å². The molecule has 0 N–H and O–H groups in total. The van der Waals surface area contributed by atoms with Crippen molar-refractivity contribution in [2.75, 3.05) is 0 Å². The summed E-state index contributed by atoms with van der Waals surface area (Å²) < 4.78 is 18.4. The largest absolute Gasteiger partial charge is 0.356 e. The van der Waals surface area contributed by atoms with Crippen LogP contribution in [0, 0.1) is 5.82 Å². The van der Waals surface area contributed by atoms with E-state index in [-0.39, 0.29) is 5.82 Å². The Morgan fingerprint density at radius 1 is 1.45 bits per heavy atom. The Labute approximate surface area is 70.1 Å². The summed E-state index contributed by atoms with van der Waals surface area (Å²) in [5.74, 6) is -0.323. The smallest absolute Gasteiger partial charge is 0.170 e. The fourth-order valence-corrected chi connectivity index (χ4v) is 1.31. The molecule has 0 saturated heterocycles. The van der Waals surface area contributed by atoms with Crippen molar-refractivity contribution in [3.05, 3.63) is 28.6 Å². The maximum atomic E-state index is 13.0. The van der Waals surface area contributed by atoms with Gasteiger partial charge in [0, 0.05) is 4.47 Å². The van der Waals surface area contributed by atoms with Gasteiger partial charge >= 0.3 is 0 Å². The molecule has 0 amide bonds. The highest BCUT2D eigenvalue weighted by atomic mass is 79.9. The van der Waals surface area contributed by atoms with Crippen LogP contribution in [0.4, 0.5) is 4.39 Å². The molecule has 0 fully saturated rings. The van der Waals surface area contributed by atoms with Crippen LogP contribution in [-0.2, 0) is 0 Å². The van der Waals surface area contributed by atoms with Gasteiger partial charge in [-0.2, -0.15) is 0 Å². The lowest BCUT2D eigenvalue weighted by molar-refractivity contribution is 0.456. The topological polar surface area (TPSA) is 26.0 Å². The summed E-state index contributed by atoms with van der Waals surface area (Å²) in [4.78, 5) is 0. The Morgan fingerprint density at radius 2 is 2.27 bits per heavy atom. The first-order valence-electron chi connectivity index (χ1n) is 2.97. The predicted octanol–water partition coefficient (Wildman–Crippen LogP) is 2.73. The highest BCUT2D eigenvalue weighted by Gasteiger charge is 2.05. The molecule has 0 aliphatic carbocycles. The standard InChI is InChI=1S/C7H3BrFNO/c8-4-1-6(9)5-3-10-11-7(5)2-4/h1-3H. The zero-order valence-corrected chi connectivity index (χ0v) is 6.93. The first kappa shape index (κ1) is 6.79. The second-order valence-corrected chi connectivity index (χ2v) is 3.04. The van der Waals surface area contributed by atoms with Crippen molar-refractivity contribution in [1.82, 2.24) is 5.16 Å². The molecule has 0 aliphatic rings. The quantitative estimate of drug-likeness (QED) is 0.676. The van der Waals surface area contributed by atoms with Crippen LogP contribution in [0.1, 0.15) is 0 Å². The Morgan fingerprint density at radius 3 is 3.09 bits per heavy atom. The lowest BCUT2D eigenvalue weighted by Gasteiger charge is -1.90. The average molecular weight is 216 g/mol. The molecule has 0 saturated carbocycles. The van der Waals surface area contributed by atoms with Gasteiger partial charge in [0.2, 0.25) is 0 Å². The first-order chi connectivity index (χ1) is 5.27. The molecule has 0 unspecified atom stereocenters. The van der Waals surface area contributed by atoms with E-state index < -0.39 is 0 Å². The second-order valence-electron chi connectivity index (χ2n) is 2.13. The number of benzene rings is 1. The van der Waals surface area contributed by atoms with E-state index in [0.717, 1.165) is 0 Å². The van der Waals surface area contributed by atoms with Gasteiger partial charge in [0.25, 0.3) is 0 Å². The van der Waals surface area contributed by atoms with Crippen LogP contribution in [0.3, 0.4) is 0 Å². The number of aromatic nitrogens is 1. The predicted molar refractivity (Wildman–Crippen MR) is 41.7 cm³/mol. The molecule has 2 aromatic rings. The zero-order valence-electron chi connectivity index (χ0n) is 5.34. The molecule has 0 aliphatic heterocycles. The van der Waals surface area contributed by atoms with Crippen LogP contribution in [0.25, 0.3) is 11.0 Å². The summed E-state index contributed by atoms with van der Waals surface area (Å²) >= 11 is 3.14. The summed E-state index contributed by atoms with van der Waals surface area (Å²) in [5, 5.41) is 3.88. The van der Waals surface area contributed by atoms with Crippen LogP contribution in [0.5, 0.6) is 0 Å². The number of halogens is 2. The molecular weight excluding hydrogens is 213 g/mol. The van der Waals surface area contributed by atoms with Gasteiger partial charge in [-0.25, -0.2) is 4.39 Å². The van der Waals surface area contributed by atoms with E-state index in [1.807, 2.05) is 0 Å². The third kappa shape index (κ3) is 1.03. The van der Waals surface area contributed by atoms with Crippen molar-refractivity contribution < 1.29 is 8.91 Å². The van der Waals surface area contributed by atoms with Crippen molar-refractivity contribution in [3.63, 3.8) is 0 Å². The Kier molecular flexibility index (Phi) is 1.42. The summed E-state index contributed by atoms with van der Waals surface area (Å²) in [7, 11) is 0. The van der Waals surface area contributed by atoms with Crippen LogP contribution in [0.2, 0.25) is 0 Å². The molecule has 1 aromatic heterocycles. The van der Waals surface area contributed by atoms with E-state index >= 15 is 0 Å². The highest BCUT2D eigenvalue weighted by molar-refractivity contribution is 9.10. The van der Waals surface area contributed by atoms with Gasteiger partial charge in [-0.15, -0.1) is 0 Å². The van der Waals surface area contributed by atoms with Gasteiger partial charge < -0.3 is 4.52 Å². The summed E-state index contributed by atoms with van der Waals surface area (Å²) in [5.41, 5.74) is 0.455. The van der Waals surface area contributed by atoms with Crippen molar-refractivity contribution in [3.8, 4) is 0 Å². The number of rotatable bonds is 0. The Balaban J connectivity index is 2.91. The molecule has 11 heavy (non-hydrogen) atoms. The lowest BCUT2D eigenvalue weighted by atomic mass is 10.2. The van der Waals surface area contributed by atoms with E-state index in [0.29, 0.717) is 15.4 Å². The van der Waals surface area contributed by atoms with Crippen LogP contribution >= 0.6 is 15.9 Å². The molecule has 0 radical (unpaired) electrons. The van der Waals surface area contributed by atoms with E-state index in [2.05, 4.69) is 21.1 Å². The third-order valence-electron chi connectivity index (χ3n) is 1.39. The van der Waals surface area contributed by atoms with Gasteiger partial charge in [-0.1, -0.05) is 21.1 Å². The zero-order chi connectivity index (χ0) is 7.84. The van der Waals surface area contributed by atoms with Crippen LogP contribution < -0.4 is 0 Å². The highest BCUT2D eigenvalue weighted by Crippen LogP contribution is 2.22. The minimum atomic E-state index is -0.323. The molecule has 1 heterocycles. The molecular formula is C7H3BrFNO. The van der Waals surface area contributed by atoms with E-state index in [1.54, 1.807) is 6.07 Å². The summed E-state index contributed by atoms with van der Waals surface area (Å²) in [6.45, 7) is 0. The maximum Gasteiger partial charge on any atom is 0.170 e. The average Bonchev–Trinajstić information content (AvgIpc) is 2.34. The first-order valence-corrected chi connectivity index (χ1v) is 3.76. The molecule has 2 rings (SSSR count). The monoisotopic (exact) mass is 215 g/mol. The number of hydrogen-bond acceptors (Lipinski definition) is 2. The molecule has 0 bridgehead atoms. The fourth-order valence-electron chi connectivity index (χ4n) is 0.898. The molecule has 4 heteroatoms. The molecule has 56 valence electrons. The Bertz CT molecular complexity index is 398. The van der Waals surface area contributed by atoms with Gasteiger partial charge in [0.1, 0.15) is 5.82 Å². The van der Waals surface area contributed by atoms with Gasteiger partial charge in [-0.3, -0.25) is 0 Å². The van der Waals surface area contributed by atoms with Gasteiger partial charge in [-0.05, 0) is 12.1 Å². The van der Waals surface area contributed by atoms with Gasteiger partial charge in [0.15, 0.2) is 5.58 Å². The van der Waals surface area contributed by atoms with E-state index in [4.69, 9.17) is 4.52 Å². The molecule has 0 atom stereocenters. The third-order valence-corrected chi connectivity index (χ3v) is 1.85. The van der Waals surface area contributed by atoms with E-state index in [1.165, 1.54) is 12.3 Å². The number of nitrogens with zero attached hydrogens (tertiary/aromatic N) is 1. The SMILES string of the molecule is Fc1cc(Br)cc2oncc12. The maximum absolute atomic E-state index is 13.0. The van der Waals surface area contributed by atoms with Gasteiger partial charge in [0.05, 0.1) is 11.6 Å². The minimum absolute atomic E-state index is 0.323. The van der Waals surface area contributed by atoms with Crippen molar-refractivity contribution >= 4 is 26.9 Å². The molecule has 0 spiro atoms. The van der Waals surface area contributed by atoms with Crippen molar-refractivity contribution in [2.24, 2.45) is 0 Å². The van der Waals surface area contributed by atoms with Crippen LogP contribution in [-0.4, -0.2) is 5.16 Å². The summed E-state index contributed by atoms with van der Waals surface area (Å²) in [6.07, 6.45) is 1.36. The normalized spacial score (nSPS) is 10.7. The molecule has 2 nitrogen and oxygen atoms in total. The lowest BCUT2D eigenvalue weighted by Crippen LogP contribution is -1.74. The van der Waals surface area contributed by atoms with Crippen molar-refractivity contribution in [2.45, 2.75) is 0 Å². The summed E-state index contributed by atoms with van der Waals surface area (Å²) in [6, 6.07) is 3.05. The fraction of sp³-hybridized carbons (Fsp3) is 0. The second kappa shape index (κ2) is 2.30. The Hall–Kier alpha value is -0.900. The number of hydrogen-bond donors (Lipinski definition) is 0. The van der Waals surface area contributed by atoms with Crippen LogP contribution in [0.15, 0.2) is 27.3 Å². The minimum Gasteiger partial charge on any atom is -0.356 e. The number of fused-ring (bicyclic) bond motifs is 1.